The van der Waals surface area contributed by atoms with Gasteiger partial charge in [-0.05, 0) is 38.8 Å². The summed E-state index contributed by atoms with van der Waals surface area (Å²) in [4.78, 5) is 23.1. The van der Waals surface area contributed by atoms with Crippen molar-refractivity contribution >= 4 is 5.91 Å². The van der Waals surface area contributed by atoms with Crippen LogP contribution in [0.2, 0.25) is 0 Å². The Labute approximate surface area is 137 Å². The molecule has 0 bridgehead atoms. The Hall–Kier alpha value is -2.27. The van der Waals surface area contributed by atoms with Crippen LogP contribution >= 0.6 is 0 Å². The lowest BCUT2D eigenvalue weighted by Crippen LogP contribution is -2.35. The van der Waals surface area contributed by atoms with Crippen LogP contribution in [0.5, 0.6) is 0 Å². The molecular weight excluding hydrogens is 290 g/mol. The van der Waals surface area contributed by atoms with Gasteiger partial charge < -0.3 is 10.0 Å². The van der Waals surface area contributed by atoms with E-state index in [1.807, 2.05) is 32.0 Å². The molecule has 0 radical (unpaired) electrons. The number of hydrogen-bond acceptors (Lipinski definition) is 4. The summed E-state index contributed by atoms with van der Waals surface area (Å²) >= 11 is 0. The number of rotatable bonds is 6. The molecule has 2 aromatic rings. The zero-order chi connectivity index (χ0) is 16.8. The maximum Gasteiger partial charge on any atom is 0.254 e. The zero-order valence-electron chi connectivity index (χ0n) is 13.9. The summed E-state index contributed by atoms with van der Waals surface area (Å²) in [6.07, 6.45) is 4.79. The van der Waals surface area contributed by atoms with E-state index in [-0.39, 0.29) is 18.6 Å². The molecule has 0 aliphatic carbocycles. The maximum atomic E-state index is 12.9. The summed E-state index contributed by atoms with van der Waals surface area (Å²) < 4.78 is 0. The second kappa shape index (κ2) is 7.83. The van der Waals surface area contributed by atoms with E-state index in [9.17, 15) is 4.79 Å². The van der Waals surface area contributed by atoms with Gasteiger partial charge in [-0.25, -0.2) is 9.97 Å². The minimum Gasteiger partial charge on any atom is -0.396 e. The molecule has 0 saturated heterocycles. The lowest BCUT2D eigenvalue weighted by molar-refractivity contribution is 0.0731. The highest BCUT2D eigenvalue weighted by Gasteiger charge is 2.21. The Balaban J connectivity index is 2.34. The van der Waals surface area contributed by atoms with Crippen molar-refractivity contribution in [3.05, 3.63) is 47.8 Å². The van der Waals surface area contributed by atoms with E-state index < -0.39 is 0 Å². The molecule has 1 unspecified atom stereocenters. The van der Waals surface area contributed by atoms with Gasteiger partial charge in [0.25, 0.3) is 5.91 Å². The van der Waals surface area contributed by atoms with Gasteiger partial charge in [0.2, 0.25) is 0 Å². The van der Waals surface area contributed by atoms with Crippen LogP contribution in [0, 0.1) is 6.92 Å². The molecule has 5 nitrogen and oxygen atoms in total. The van der Waals surface area contributed by atoms with Crippen molar-refractivity contribution in [2.24, 2.45) is 0 Å². The van der Waals surface area contributed by atoms with Crippen molar-refractivity contribution in [1.29, 1.82) is 0 Å². The molecule has 1 heterocycles. The standard InChI is InChI=1S/C18H23N3O2/c1-13-7-8-15(17-19-9-5-10-20-17)16(12-13)18(23)21(3)14(2)6-4-11-22/h5,7-10,12,14,22H,4,6,11H2,1-3H3. The summed E-state index contributed by atoms with van der Waals surface area (Å²) in [5.74, 6) is 0.494. The third-order valence-electron chi connectivity index (χ3n) is 3.97. The first-order valence-electron chi connectivity index (χ1n) is 7.80. The van der Waals surface area contributed by atoms with Crippen LogP contribution in [0.3, 0.4) is 0 Å². The average molecular weight is 313 g/mol. The Morgan fingerprint density at radius 2 is 2.00 bits per heavy atom. The number of amides is 1. The number of aliphatic hydroxyl groups is 1. The molecule has 0 spiro atoms. The highest BCUT2D eigenvalue weighted by Crippen LogP contribution is 2.23. The molecule has 0 fully saturated rings. The normalized spacial score (nSPS) is 12.0. The summed E-state index contributed by atoms with van der Waals surface area (Å²) in [7, 11) is 1.79. The number of hydrogen-bond donors (Lipinski definition) is 1. The van der Waals surface area contributed by atoms with Crippen LogP contribution in [0.4, 0.5) is 0 Å². The number of aromatic nitrogens is 2. The fourth-order valence-electron chi connectivity index (χ4n) is 2.44. The van der Waals surface area contributed by atoms with Gasteiger partial charge in [0.15, 0.2) is 5.82 Å². The second-order valence-corrected chi connectivity index (χ2v) is 5.75. The molecule has 5 heteroatoms. The molecule has 0 aliphatic heterocycles. The highest BCUT2D eigenvalue weighted by molar-refractivity contribution is 6.00. The average Bonchev–Trinajstić information content (AvgIpc) is 2.59. The second-order valence-electron chi connectivity index (χ2n) is 5.75. The minimum absolute atomic E-state index is 0.0541. The summed E-state index contributed by atoms with van der Waals surface area (Å²) in [6.45, 7) is 4.09. The summed E-state index contributed by atoms with van der Waals surface area (Å²) in [5.41, 5.74) is 2.36. The Bertz CT molecular complexity index is 659. The van der Waals surface area contributed by atoms with Crippen molar-refractivity contribution in [3.63, 3.8) is 0 Å². The SMILES string of the molecule is Cc1ccc(-c2ncccn2)c(C(=O)N(C)C(C)CCCO)c1. The Morgan fingerprint density at radius 3 is 2.65 bits per heavy atom. The van der Waals surface area contributed by atoms with Gasteiger partial charge >= 0.3 is 0 Å². The van der Waals surface area contributed by atoms with E-state index in [0.717, 1.165) is 17.5 Å². The predicted octanol–water partition coefficient (Wildman–Crippen LogP) is 2.69. The first-order chi connectivity index (χ1) is 11.0. The smallest absolute Gasteiger partial charge is 0.254 e. The summed E-state index contributed by atoms with van der Waals surface area (Å²) in [6, 6.07) is 7.53. The van der Waals surface area contributed by atoms with E-state index in [1.165, 1.54) is 0 Å². The van der Waals surface area contributed by atoms with Crippen LogP contribution in [0.25, 0.3) is 11.4 Å². The maximum absolute atomic E-state index is 12.9. The molecule has 1 amide bonds. The highest BCUT2D eigenvalue weighted by atomic mass is 16.3. The van der Waals surface area contributed by atoms with Crippen LogP contribution in [-0.4, -0.2) is 45.6 Å². The largest absolute Gasteiger partial charge is 0.396 e. The van der Waals surface area contributed by atoms with Gasteiger partial charge in [-0.15, -0.1) is 0 Å². The number of carbonyl (C=O) groups is 1. The molecular formula is C18H23N3O2. The van der Waals surface area contributed by atoms with Crippen molar-refractivity contribution in [2.45, 2.75) is 32.7 Å². The predicted molar refractivity (Wildman–Crippen MR) is 90.1 cm³/mol. The number of aryl methyl sites for hydroxylation is 1. The van der Waals surface area contributed by atoms with Gasteiger partial charge in [0.05, 0.1) is 5.56 Å². The molecule has 1 aromatic carbocycles. The van der Waals surface area contributed by atoms with Gasteiger partial charge in [-0.1, -0.05) is 17.7 Å². The molecule has 2 rings (SSSR count). The van der Waals surface area contributed by atoms with E-state index in [0.29, 0.717) is 17.8 Å². The van der Waals surface area contributed by atoms with Crippen molar-refractivity contribution in [2.75, 3.05) is 13.7 Å². The third-order valence-corrected chi connectivity index (χ3v) is 3.97. The topological polar surface area (TPSA) is 66.3 Å². The number of nitrogens with zero attached hydrogens (tertiary/aromatic N) is 3. The Morgan fingerprint density at radius 1 is 1.30 bits per heavy atom. The molecule has 23 heavy (non-hydrogen) atoms. The first-order valence-corrected chi connectivity index (χ1v) is 7.80. The molecule has 0 saturated carbocycles. The summed E-state index contributed by atoms with van der Waals surface area (Å²) in [5, 5.41) is 8.96. The van der Waals surface area contributed by atoms with Gasteiger partial charge in [0.1, 0.15) is 0 Å². The van der Waals surface area contributed by atoms with E-state index in [1.54, 1.807) is 30.4 Å². The van der Waals surface area contributed by atoms with Crippen molar-refractivity contribution in [1.82, 2.24) is 14.9 Å². The van der Waals surface area contributed by atoms with Gasteiger partial charge in [-0.3, -0.25) is 4.79 Å². The minimum atomic E-state index is -0.0541. The fourth-order valence-corrected chi connectivity index (χ4v) is 2.44. The van der Waals surface area contributed by atoms with Crippen molar-refractivity contribution < 1.29 is 9.90 Å². The Kier molecular flexibility index (Phi) is 5.82. The van der Waals surface area contributed by atoms with Gasteiger partial charge in [-0.2, -0.15) is 0 Å². The van der Waals surface area contributed by atoms with Crippen molar-refractivity contribution in [3.8, 4) is 11.4 Å². The van der Waals surface area contributed by atoms with Crippen LogP contribution in [0.15, 0.2) is 36.7 Å². The van der Waals surface area contributed by atoms with Crippen LogP contribution in [-0.2, 0) is 0 Å². The van der Waals surface area contributed by atoms with E-state index >= 15 is 0 Å². The van der Waals surface area contributed by atoms with E-state index in [4.69, 9.17) is 5.11 Å². The fraction of sp³-hybridized carbons (Fsp3) is 0.389. The molecule has 1 atom stereocenters. The third kappa shape index (κ3) is 4.13. The monoisotopic (exact) mass is 313 g/mol. The molecule has 1 aromatic heterocycles. The number of aliphatic hydroxyl groups excluding tert-OH is 1. The molecule has 0 aliphatic rings. The number of carbonyl (C=O) groups excluding carboxylic acids is 1. The van der Waals surface area contributed by atoms with Crippen LogP contribution < -0.4 is 0 Å². The molecule has 122 valence electrons. The zero-order valence-corrected chi connectivity index (χ0v) is 13.9. The van der Waals surface area contributed by atoms with Crippen LogP contribution in [0.1, 0.15) is 35.7 Å². The molecule has 1 N–H and O–H groups in total. The van der Waals surface area contributed by atoms with Gasteiger partial charge in [0, 0.05) is 37.7 Å². The lowest BCUT2D eigenvalue weighted by atomic mass is 10.0. The van der Waals surface area contributed by atoms with E-state index in [2.05, 4.69) is 9.97 Å². The number of benzene rings is 1. The lowest BCUT2D eigenvalue weighted by Gasteiger charge is -2.26. The first kappa shape index (κ1) is 17.1. The quantitative estimate of drug-likeness (QED) is 0.890.